The van der Waals surface area contributed by atoms with Gasteiger partial charge in [-0.2, -0.15) is 0 Å². The Morgan fingerprint density at radius 1 is 1.35 bits per heavy atom. The molecule has 0 fully saturated rings. The number of nitrogens with zero attached hydrogens (tertiary/aromatic N) is 2. The van der Waals surface area contributed by atoms with E-state index in [2.05, 4.69) is 10.3 Å². The number of urea groups is 1. The molecule has 0 aliphatic rings. The fraction of sp³-hybridized carbons (Fsp3) is 0.294. The molecule has 0 atom stereocenters. The first-order chi connectivity index (χ1) is 11.1. The third-order valence-corrected chi connectivity index (χ3v) is 3.37. The summed E-state index contributed by atoms with van der Waals surface area (Å²) in [4.78, 5) is 17.7. The Bertz CT molecular complexity index is 650. The van der Waals surface area contributed by atoms with Crippen LogP contribution in [0.1, 0.15) is 11.3 Å². The van der Waals surface area contributed by atoms with Crippen molar-refractivity contribution in [3.8, 4) is 5.75 Å². The summed E-state index contributed by atoms with van der Waals surface area (Å²) >= 11 is 0. The lowest BCUT2D eigenvalue weighted by Crippen LogP contribution is -2.37. The van der Waals surface area contributed by atoms with Crippen LogP contribution in [0, 0.1) is 5.82 Å². The molecule has 0 bridgehead atoms. The predicted octanol–water partition coefficient (Wildman–Crippen LogP) is 2.61. The second-order valence-corrected chi connectivity index (χ2v) is 5.13. The van der Waals surface area contributed by atoms with Crippen molar-refractivity contribution in [2.75, 3.05) is 20.7 Å². The van der Waals surface area contributed by atoms with Crippen molar-refractivity contribution < 1.29 is 13.9 Å². The normalized spacial score (nSPS) is 10.2. The average Bonchev–Trinajstić information content (AvgIpc) is 2.56. The standard InChI is InChI=1S/C17H20FN3O2/c1-21(12-13-6-7-16(23-2)15(18)11-13)17(22)20-10-8-14-5-3-4-9-19-14/h3-7,9,11H,8,10,12H2,1-2H3,(H,20,22). The summed E-state index contributed by atoms with van der Waals surface area (Å²) in [5.74, 6) is -0.245. The number of carbonyl (C=O) groups excluding carboxylic acids is 1. The number of halogens is 1. The summed E-state index contributed by atoms with van der Waals surface area (Å²) in [6.07, 6.45) is 2.39. The zero-order valence-electron chi connectivity index (χ0n) is 13.3. The number of hydrogen-bond acceptors (Lipinski definition) is 3. The lowest BCUT2D eigenvalue weighted by atomic mass is 10.2. The van der Waals surface area contributed by atoms with Crippen LogP contribution in [0.2, 0.25) is 0 Å². The maximum absolute atomic E-state index is 13.6. The van der Waals surface area contributed by atoms with Crippen molar-refractivity contribution >= 4 is 6.03 Å². The molecule has 0 unspecified atom stereocenters. The Hall–Kier alpha value is -2.63. The Labute approximate surface area is 135 Å². The van der Waals surface area contributed by atoms with Crippen molar-refractivity contribution in [3.05, 3.63) is 59.7 Å². The lowest BCUT2D eigenvalue weighted by Gasteiger charge is -2.18. The molecule has 1 N–H and O–H groups in total. The van der Waals surface area contributed by atoms with Crippen LogP contribution < -0.4 is 10.1 Å². The van der Waals surface area contributed by atoms with E-state index >= 15 is 0 Å². The highest BCUT2D eigenvalue weighted by Gasteiger charge is 2.10. The summed E-state index contributed by atoms with van der Waals surface area (Å²) in [6.45, 7) is 0.813. The van der Waals surface area contributed by atoms with E-state index in [1.165, 1.54) is 18.1 Å². The lowest BCUT2D eigenvalue weighted by molar-refractivity contribution is 0.207. The third-order valence-electron chi connectivity index (χ3n) is 3.37. The van der Waals surface area contributed by atoms with Gasteiger partial charge in [-0.3, -0.25) is 4.98 Å². The van der Waals surface area contributed by atoms with E-state index in [-0.39, 0.29) is 11.8 Å². The van der Waals surface area contributed by atoms with Gasteiger partial charge in [-0.1, -0.05) is 12.1 Å². The average molecular weight is 317 g/mol. The Kier molecular flexibility index (Phi) is 5.91. The van der Waals surface area contributed by atoms with Gasteiger partial charge in [0.1, 0.15) is 0 Å². The predicted molar refractivity (Wildman–Crippen MR) is 85.8 cm³/mol. The van der Waals surface area contributed by atoms with Crippen molar-refractivity contribution in [2.45, 2.75) is 13.0 Å². The molecular weight excluding hydrogens is 297 g/mol. The zero-order chi connectivity index (χ0) is 16.7. The van der Waals surface area contributed by atoms with Crippen LogP contribution in [0.5, 0.6) is 5.75 Å². The van der Waals surface area contributed by atoms with Gasteiger partial charge in [-0.05, 0) is 29.8 Å². The third kappa shape index (κ3) is 4.95. The molecule has 1 heterocycles. The number of carbonyl (C=O) groups is 1. The molecule has 1 aromatic carbocycles. The second-order valence-electron chi connectivity index (χ2n) is 5.13. The summed E-state index contributed by atoms with van der Waals surface area (Å²) in [5.41, 5.74) is 1.62. The van der Waals surface area contributed by atoms with Crippen LogP contribution >= 0.6 is 0 Å². The van der Waals surface area contributed by atoms with E-state index in [1.54, 1.807) is 25.4 Å². The molecule has 2 aromatic rings. The summed E-state index contributed by atoms with van der Waals surface area (Å²) < 4.78 is 18.5. The number of hydrogen-bond donors (Lipinski definition) is 1. The van der Waals surface area contributed by atoms with Gasteiger partial charge in [0, 0.05) is 38.4 Å². The highest BCUT2D eigenvalue weighted by atomic mass is 19.1. The van der Waals surface area contributed by atoms with Gasteiger partial charge in [0.15, 0.2) is 11.6 Å². The molecule has 0 spiro atoms. The Balaban J connectivity index is 1.81. The molecular formula is C17H20FN3O2. The number of aromatic nitrogens is 1. The summed E-state index contributed by atoms with van der Waals surface area (Å²) in [6, 6.07) is 10.1. The smallest absolute Gasteiger partial charge is 0.317 e. The maximum Gasteiger partial charge on any atom is 0.317 e. The van der Waals surface area contributed by atoms with E-state index < -0.39 is 5.82 Å². The van der Waals surface area contributed by atoms with Crippen LogP contribution in [0.4, 0.5) is 9.18 Å². The number of ether oxygens (including phenoxy) is 1. The van der Waals surface area contributed by atoms with Crippen LogP contribution in [-0.2, 0) is 13.0 Å². The molecule has 0 saturated heterocycles. The van der Waals surface area contributed by atoms with E-state index in [9.17, 15) is 9.18 Å². The minimum absolute atomic E-state index is 0.191. The van der Waals surface area contributed by atoms with Crippen LogP contribution in [-0.4, -0.2) is 36.6 Å². The molecule has 1 aromatic heterocycles. The first-order valence-electron chi connectivity index (χ1n) is 7.31. The first-order valence-corrected chi connectivity index (χ1v) is 7.31. The SMILES string of the molecule is COc1ccc(CN(C)C(=O)NCCc2ccccn2)cc1F. The number of amides is 2. The molecule has 0 aliphatic heterocycles. The van der Waals surface area contributed by atoms with Crippen molar-refractivity contribution in [3.63, 3.8) is 0 Å². The minimum Gasteiger partial charge on any atom is -0.494 e. The summed E-state index contributed by atoms with van der Waals surface area (Å²) in [5, 5.41) is 2.82. The van der Waals surface area contributed by atoms with Crippen LogP contribution in [0.25, 0.3) is 0 Å². The fourth-order valence-corrected chi connectivity index (χ4v) is 2.13. The van der Waals surface area contributed by atoms with Gasteiger partial charge in [-0.25, -0.2) is 9.18 Å². The molecule has 2 amide bonds. The number of methoxy groups -OCH3 is 1. The van der Waals surface area contributed by atoms with Crippen LogP contribution in [0.15, 0.2) is 42.6 Å². The van der Waals surface area contributed by atoms with Gasteiger partial charge in [0.25, 0.3) is 0 Å². The quantitative estimate of drug-likeness (QED) is 0.891. The van der Waals surface area contributed by atoms with Gasteiger partial charge >= 0.3 is 6.03 Å². The van der Waals surface area contributed by atoms with Gasteiger partial charge in [0.05, 0.1) is 7.11 Å². The largest absolute Gasteiger partial charge is 0.494 e. The van der Waals surface area contributed by atoms with Crippen molar-refractivity contribution in [1.82, 2.24) is 15.2 Å². The van der Waals surface area contributed by atoms with Gasteiger partial charge < -0.3 is 15.0 Å². The molecule has 0 saturated carbocycles. The molecule has 2 rings (SSSR count). The molecule has 0 radical (unpaired) electrons. The Morgan fingerprint density at radius 3 is 2.83 bits per heavy atom. The van der Waals surface area contributed by atoms with E-state index in [4.69, 9.17) is 4.74 Å². The molecule has 6 heteroatoms. The monoisotopic (exact) mass is 317 g/mol. The van der Waals surface area contributed by atoms with E-state index in [1.807, 2.05) is 18.2 Å². The molecule has 5 nitrogen and oxygen atoms in total. The minimum atomic E-state index is -0.436. The number of rotatable bonds is 6. The summed E-state index contributed by atoms with van der Waals surface area (Å²) in [7, 11) is 3.08. The zero-order valence-corrected chi connectivity index (χ0v) is 13.3. The van der Waals surface area contributed by atoms with E-state index in [0.717, 1.165) is 5.69 Å². The number of pyridine rings is 1. The molecule has 0 aliphatic carbocycles. The van der Waals surface area contributed by atoms with E-state index in [0.29, 0.717) is 25.1 Å². The van der Waals surface area contributed by atoms with Gasteiger partial charge in [0.2, 0.25) is 0 Å². The van der Waals surface area contributed by atoms with Gasteiger partial charge in [-0.15, -0.1) is 0 Å². The maximum atomic E-state index is 13.6. The van der Waals surface area contributed by atoms with Crippen LogP contribution in [0.3, 0.4) is 0 Å². The van der Waals surface area contributed by atoms with Crippen molar-refractivity contribution in [2.24, 2.45) is 0 Å². The highest BCUT2D eigenvalue weighted by molar-refractivity contribution is 5.73. The fourth-order valence-electron chi connectivity index (χ4n) is 2.13. The Morgan fingerprint density at radius 2 is 2.17 bits per heavy atom. The highest BCUT2D eigenvalue weighted by Crippen LogP contribution is 2.18. The molecule has 23 heavy (non-hydrogen) atoms. The first kappa shape index (κ1) is 16.7. The topological polar surface area (TPSA) is 54.5 Å². The number of benzene rings is 1. The van der Waals surface area contributed by atoms with Crippen molar-refractivity contribution in [1.29, 1.82) is 0 Å². The molecule has 122 valence electrons. The second kappa shape index (κ2) is 8.12. The number of nitrogens with one attached hydrogen (secondary N) is 1.